The second kappa shape index (κ2) is 7.42. The van der Waals surface area contributed by atoms with Crippen LogP contribution in [0.5, 0.6) is 0 Å². The molecule has 2 aromatic rings. The molecule has 7 heteroatoms. The van der Waals surface area contributed by atoms with E-state index >= 15 is 0 Å². The summed E-state index contributed by atoms with van der Waals surface area (Å²) in [4.78, 5) is 41.2. The van der Waals surface area contributed by atoms with E-state index in [0.29, 0.717) is 31.6 Å². The van der Waals surface area contributed by atoms with Crippen LogP contribution in [0.4, 0.5) is 0 Å². The topological polar surface area (TPSA) is 78.4 Å². The van der Waals surface area contributed by atoms with Gasteiger partial charge in [0.1, 0.15) is 5.69 Å². The molecule has 27 heavy (non-hydrogen) atoms. The van der Waals surface area contributed by atoms with Crippen LogP contribution < -0.4 is 5.56 Å². The standard InChI is InChI=1S/C20H24N4O3/c25-18-14-17(21-24(18)16-6-2-1-3-7-16)20(27)23-12-8-15(9-13-23)19(26)22-10-4-5-11-22/h1-3,6-7,14-15,21H,4-5,8-13H2. The number of H-pyrrole nitrogens is 1. The first-order valence-corrected chi connectivity index (χ1v) is 9.59. The summed E-state index contributed by atoms with van der Waals surface area (Å²) in [6.45, 7) is 2.82. The number of benzene rings is 1. The Kier molecular flexibility index (Phi) is 4.83. The third kappa shape index (κ3) is 3.54. The molecule has 0 spiro atoms. The van der Waals surface area contributed by atoms with Crippen LogP contribution in [0.3, 0.4) is 0 Å². The summed E-state index contributed by atoms with van der Waals surface area (Å²) in [6.07, 6.45) is 3.55. The molecule has 1 aromatic heterocycles. The van der Waals surface area contributed by atoms with E-state index in [2.05, 4.69) is 5.10 Å². The predicted molar refractivity (Wildman–Crippen MR) is 101 cm³/mol. The first-order valence-electron chi connectivity index (χ1n) is 9.59. The van der Waals surface area contributed by atoms with Crippen LogP contribution in [0.1, 0.15) is 36.2 Å². The van der Waals surface area contributed by atoms with Crippen LogP contribution in [-0.4, -0.2) is 57.6 Å². The van der Waals surface area contributed by atoms with Crippen molar-refractivity contribution in [3.05, 3.63) is 52.4 Å². The third-order valence-corrected chi connectivity index (χ3v) is 5.51. The molecule has 0 aliphatic carbocycles. The Morgan fingerprint density at radius 2 is 1.59 bits per heavy atom. The zero-order chi connectivity index (χ0) is 18.8. The Hall–Kier alpha value is -2.83. The monoisotopic (exact) mass is 368 g/mol. The predicted octanol–water partition coefficient (Wildman–Crippen LogP) is 1.64. The molecule has 142 valence electrons. The second-order valence-electron chi connectivity index (χ2n) is 7.28. The van der Waals surface area contributed by atoms with Gasteiger partial charge in [0.05, 0.1) is 5.69 Å². The van der Waals surface area contributed by atoms with Crippen LogP contribution in [0.25, 0.3) is 5.69 Å². The zero-order valence-electron chi connectivity index (χ0n) is 15.3. The van der Waals surface area contributed by atoms with Crippen LogP contribution in [0.2, 0.25) is 0 Å². The zero-order valence-corrected chi connectivity index (χ0v) is 15.3. The molecule has 2 aliphatic heterocycles. The van der Waals surface area contributed by atoms with E-state index in [-0.39, 0.29) is 29.0 Å². The van der Waals surface area contributed by atoms with Crippen molar-refractivity contribution in [2.24, 2.45) is 5.92 Å². The Labute approximate surface area is 157 Å². The van der Waals surface area contributed by atoms with Crippen molar-refractivity contribution in [3.63, 3.8) is 0 Å². The van der Waals surface area contributed by atoms with Crippen LogP contribution >= 0.6 is 0 Å². The van der Waals surface area contributed by atoms with Gasteiger partial charge in [0, 0.05) is 38.2 Å². The normalized spacial score (nSPS) is 18.1. The van der Waals surface area contributed by atoms with Crippen molar-refractivity contribution in [2.45, 2.75) is 25.7 Å². The molecule has 2 saturated heterocycles. The molecule has 0 atom stereocenters. The molecule has 7 nitrogen and oxygen atoms in total. The molecule has 2 aliphatic rings. The number of rotatable bonds is 3. The van der Waals surface area contributed by atoms with Crippen molar-refractivity contribution in [3.8, 4) is 5.69 Å². The minimum atomic E-state index is -0.261. The van der Waals surface area contributed by atoms with E-state index in [9.17, 15) is 14.4 Å². The highest BCUT2D eigenvalue weighted by molar-refractivity contribution is 5.92. The van der Waals surface area contributed by atoms with Gasteiger partial charge in [0.25, 0.3) is 11.5 Å². The number of carbonyl (C=O) groups excluding carboxylic acids is 2. The maximum absolute atomic E-state index is 12.8. The smallest absolute Gasteiger partial charge is 0.271 e. The van der Waals surface area contributed by atoms with Gasteiger partial charge in [-0.3, -0.25) is 19.5 Å². The molecule has 0 unspecified atom stereocenters. The molecule has 2 fully saturated rings. The van der Waals surface area contributed by atoms with Crippen molar-refractivity contribution >= 4 is 11.8 Å². The minimum Gasteiger partial charge on any atom is -0.342 e. The summed E-state index contributed by atoms with van der Waals surface area (Å²) in [6, 6.07) is 10.5. The number of para-hydroxylation sites is 1. The lowest BCUT2D eigenvalue weighted by atomic mass is 9.95. The fourth-order valence-electron chi connectivity index (χ4n) is 3.97. The Bertz CT molecular complexity index is 872. The molecule has 1 aromatic carbocycles. The summed E-state index contributed by atoms with van der Waals surface area (Å²) < 4.78 is 1.37. The van der Waals surface area contributed by atoms with E-state index in [0.717, 1.165) is 25.9 Å². The summed E-state index contributed by atoms with van der Waals surface area (Å²) in [7, 11) is 0. The summed E-state index contributed by atoms with van der Waals surface area (Å²) in [5, 5.41) is 2.91. The van der Waals surface area contributed by atoms with Gasteiger partial charge in [0.15, 0.2) is 0 Å². The highest BCUT2D eigenvalue weighted by atomic mass is 16.2. The maximum atomic E-state index is 12.8. The van der Waals surface area contributed by atoms with Crippen molar-refractivity contribution in [2.75, 3.05) is 26.2 Å². The minimum absolute atomic E-state index is 0.0140. The molecule has 2 amide bonds. The number of likely N-dealkylation sites (tertiary alicyclic amines) is 2. The van der Waals surface area contributed by atoms with Gasteiger partial charge in [-0.25, -0.2) is 4.68 Å². The molecule has 0 bridgehead atoms. The summed E-state index contributed by atoms with van der Waals surface area (Å²) in [5.74, 6) is 0.0669. The van der Waals surface area contributed by atoms with Gasteiger partial charge in [-0.2, -0.15) is 0 Å². The van der Waals surface area contributed by atoms with E-state index in [4.69, 9.17) is 0 Å². The fraction of sp³-hybridized carbons (Fsp3) is 0.450. The highest BCUT2D eigenvalue weighted by Gasteiger charge is 2.32. The van der Waals surface area contributed by atoms with Gasteiger partial charge in [-0.1, -0.05) is 18.2 Å². The van der Waals surface area contributed by atoms with Crippen LogP contribution in [-0.2, 0) is 4.79 Å². The molecule has 1 N–H and O–H groups in total. The quantitative estimate of drug-likeness (QED) is 0.895. The fourth-order valence-corrected chi connectivity index (χ4v) is 3.97. The average molecular weight is 368 g/mol. The summed E-state index contributed by atoms with van der Waals surface area (Å²) >= 11 is 0. The van der Waals surface area contributed by atoms with Crippen LogP contribution in [0, 0.1) is 5.92 Å². The lowest BCUT2D eigenvalue weighted by Gasteiger charge is -2.32. The number of hydrogen-bond donors (Lipinski definition) is 1. The lowest BCUT2D eigenvalue weighted by Crippen LogP contribution is -2.43. The number of aromatic nitrogens is 2. The van der Waals surface area contributed by atoms with Gasteiger partial charge < -0.3 is 9.80 Å². The second-order valence-corrected chi connectivity index (χ2v) is 7.28. The number of piperidine rings is 1. The average Bonchev–Trinajstić information content (AvgIpc) is 3.38. The van der Waals surface area contributed by atoms with E-state index < -0.39 is 0 Å². The molecule has 0 radical (unpaired) electrons. The Balaban J connectivity index is 1.41. The number of aromatic amines is 1. The largest absolute Gasteiger partial charge is 0.342 e. The Morgan fingerprint density at radius 1 is 0.926 bits per heavy atom. The van der Waals surface area contributed by atoms with E-state index in [1.165, 1.54) is 10.7 Å². The number of hydrogen-bond acceptors (Lipinski definition) is 3. The van der Waals surface area contributed by atoms with Crippen molar-refractivity contribution in [1.29, 1.82) is 0 Å². The van der Waals surface area contributed by atoms with Gasteiger partial charge in [-0.05, 0) is 37.8 Å². The maximum Gasteiger partial charge on any atom is 0.271 e. The molecule has 0 saturated carbocycles. The van der Waals surface area contributed by atoms with Crippen molar-refractivity contribution in [1.82, 2.24) is 19.6 Å². The van der Waals surface area contributed by atoms with Crippen molar-refractivity contribution < 1.29 is 9.59 Å². The highest BCUT2D eigenvalue weighted by Crippen LogP contribution is 2.23. The van der Waals surface area contributed by atoms with Gasteiger partial charge >= 0.3 is 0 Å². The molecular weight excluding hydrogens is 344 g/mol. The summed E-state index contributed by atoms with van der Waals surface area (Å²) in [5.41, 5.74) is 0.716. The van der Waals surface area contributed by atoms with E-state index in [1.54, 1.807) is 4.90 Å². The Morgan fingerprint density at radius 3 is 2.26 bits per heavy atom. The molecular formula is C20H24N4O3. The van der Waals surface area contributed by atoms with Gasteiger partial charge in [0.2, 0.25) is 5.91 Å². The van der Waals surface area contributed by atoms with Gasteiger partial charge in [-0.15, -0.1) is 0 Å². The lowest BCUT2D eigenvalue weighted by molar-refractivity contribution is -0.135. The first-order chi connectivity index (χ1) is 13.1. The first kappa shape index (κ1) is 17.6. The number of carbonyl (C=O) groups is 2. The number of nitrogens with zero attached hydrogens (tertiary/aromatic N) is 3. The third-order valence-electron chi connectivity index (χ3n) is 5.51. The number of amides is 2. The molecule has 3 heterocycles. The number of nitrogens with one attached hydrogen (secondary N) is 1. The molecule has 4 rings (SSSR count). The SMILES string of the molecule is O=C(c1cc(=O)n(-c2ccccc2)[nH]1)N1CCC(C(=O)N2CCCC2)CC1. The van der Waals surface area contributed by atoms with Crippen LogP contribution in [0.15, 0.2) is 41.2 Å². The van der Waals surface area contributed by atoms with E-state index in [1.807, 2.05) is 35.2 Å².